The van der Waals surface area contributed by atoms with Crippen molar-refractivity contribution < 1.29 is 27.5 Å². The Hall–Kier alpha value is -4.43. The molecule has 1 heterocycles. The topological polar surface area (TPSA) is 98.8 Å². The molecule has 36 heavy (non-hydrogen) atoms. The number of amides is 1. The van der Waals surface area contributed by atoms with Gasteiger partial charge in [0.25, 0.3) is 10.0 Å². The zero-order valence-electron chi connectivity index (χ0n) is 19.0. The van der Waals surface area contributed by atoms with Crippen molar-refractivity contribution in [2.24, 2.45) is 0 Å². The predicted octanol–water partition coefficient (Wildman–Crippen LogP) is 4.11. The van der Waals surface area contributed by atoms with E-state index in [2.05, 4.69) is 0 Å². The molecule has 8 heteroatoms. The van der Waals surface area contributed by atoms with Crippen molar-refractivity contribution in [1.82, 2.24) is 4.72 Å². The van der Waals surface area contributed by atoms with Crippen LogP contribution in [0.2, 0.25) is 0 Å². The molecule has 0 aromatic heterocycles. The lowest BCUT2D eigenvalue weighted by Gasteiger charge is -2.25. The monoisotopic (exact) mass is 499 g/mol. The van der Waals surface area contributed by atoms with E-state index >= 15 is 0 Å². The van der Waals surface area contributed by atoms with Gasteiger partial charge in [-0.25, -0.2) is 13.1 Å². The molecule has 7 nitrogen and oxygen atoms in total. The third-order valence-corrected chi connectivity index (χ3v) is 7.07. The summed E-state index contributed by atoms with van der Waals surface area (Å²) in [5.74, 6) is -0.371. The van der Waals surface area contributed by atoms with Gasteiger partial charge in [0.2, 0.25) is 0 Å². The summed E-state index contributed by atoms with van der Waals surface area (Å²) in [5.41, 5.74) is 2.49. The second-order valence-corrected chi connectivity index (χ2v) is 9.83. The molecule has 0 saturated carbocycles. The van der Waals surface area contributed by atoms with Crippen LogP contribution in [-0.2, 0) is 21.2 Å². The second kappa shape index (κ2) is 9.67. The van der Waals surface area contributed by atoms with E-state index in [1.807, 2.05) is 29.0 Å². The van der Waals surface area contributed by atoms with Crippen LogP contribution in [0.3, 0.4) is 0 Å². The molecule has 0 saturated heterocycles. The van der Waals surface area contributed by atoms with Gasteiger partial charge in [-0.15, -0.1) is 0 Å². The zero-order chi connectivity index (χ0) is 25.1. The van der Waals surface area contributed by atoms with Crippen molar-refractivity contribution in [3.05, 3.63) is 125 Å². The number of hydrogen-bond acceptors (Lipinski definition) is 6. The molecule has 0 radical (unpaired) electrons. The highest BCUT2D eigenvalue weighted by atomic mass is 32.2. The highest BCUT2D eigenvalue weighted by Crippen LogP contribution is 2.31. The highest BCUT2D eigenvalue weighted by molar-refractivity contribution is 7.90. The van der Waals surface area contributed by atoms with Gasteiger partial charge >= 0.3 is 12.2 Å². The van der Waals surface area contributed by atoms with Crippen LogP contribution in [0.25, 0.3) is 0 Å². The van der Waals surface area contributed by atoms with Crippen molar-refractivity contribution in [3.8, 4) is 11.5 Å². The van der Waals surface area contributed by atoms with Crippen LogP contribution in [0.5, 0.6) is 11.5 Å². The van der Waals surface area contributed by atoms with Crippen LogP contribution in [0.1, 0.15) is 27.0 Å². The van der Waals surface area contributed by atoms with Gasteiger partial charge in [0.1, 0.15) is 11.5 Å². The number of benzene rings is 4. The Bertz CT molecular complexity index is 1480. The lowest BCUT2D eigenvalue weighted by atomic mass is 10.0. The van der Waals surface area contributed by atoms with Crippen molar-refractivity contribution in [2.75, 3.05) is 0 Å². The fourth-order valence-corrected chi connectivity index (χ4v) is 4.85. The number of sulfonamides is 1. The van der Waals surface area contributed by atoms with Crippen LogP contribution < -0.4 is 14.2 Å². The number of carbonyl (C=O) groups excluding carboxylic acids is 2. The number of hydrogen-bond donors (Lipinski definition) is 1. The molecule has 0 atom stereocenters. The van der Waals surface area contributed by atoms with Crippen molar-refractivity contribution in [1.29, 1.82) is 0 Å². The molecule has 0 bridgehead atoms. The third kappa shape index (κ3) is 4.85. The summed E-state index contributed by atoms with van der Waals surface area (Å²) in [4.78, 5) is 25.5. The van der Waals surface area contributed by atoms with Crippen LogP contribution in [0, 0.1) is 0 Å². The molecule has 4 aromatic rings. The van der Waals surface area contributed by atoms with Gasteiger partial charge in [-0.05, 0) is 47.5 Å². The summed E-state index contributed by atoms with van der Waals surface area (Å²) >= 11 is 0. The molecule has 1 N–H and O–H groups in total. The quantitative estimate of drug-likeness (QED) is 0.415. The molecule has 180 valence electrons. The molecule has 1 amide bonds. The Labute approximate surface area is 208 Å². The minimum atomic E-state index is -4.26. The van der Waals surface area contributed by atoms with E-state index < -0.39 is 22.2 Å². The Kier molecular flexibility index (Phi) is 6.26. The van der Waals surface area contributed by atoms with E-state index in [4.69, 9.17) is 9.47 Å². The molecule has 0 aliphatic carbocycles. The van der Waals surface area contributed by atoms with Gasteiger partial charge in [0, 0.05) is 17.5 Å². The first kappa shape index (κ1) is 23.3. The summed E-state index contributed by atoms with van der Waals surface area (Å²) < 4.78 is 39.5. The first-order valence-corrected chi connectivity index (χ1v) is 12.6. The SMILES string of the molecule is O=C(c1ccccc1)c1ccc(S(=O)(=O)NC(=O)C2Oc3ccccc3Cc3ccccc3O2)cc1. The van der Waals surface area contributed by atoms with Crippen molar-refractivity contribution in [2.45, 2.75) is 17.6 Å². The predicted molar refractivity (Wildman–Crippen MR) is 132 cm³/mol. The van der Waals surface area contributed by atoms with Crippen LogP contribution in [0.4, 0.5) is 0 Å². The highest BCUT2D eigenvalue weighted by Gasteiger charge is 2.31. The molecule has 5 rings (SSSR count). The second-order valence-electron chi connectivity index (χ2n) is 8.15. The number of para-hydroxylation sites is 2. The van der Waals surface area contributed by atoms with Crippen LogP contribution in [0.15, 0.2) is 108 Å². The fourth-order valence-electron chi connectivity index (χ4n) is 3.88. The third-order valence-electron chi connectivity index (χ3n) is 5.71. The molecular formula is C28H21NO6S. The molecule has 0 unspecified atom stereocenters. The maximum atomic E-state index is 13.0. The molecule has 1 aliphatic rings. The smallest absolute Gasteiger partial charge is 0.322 e. The van der Waals surface area contributed by atoms with Crippen LogP contribution in [-0.4, -0.2) is 26.4 Å². The van der Waals surface area contributed by atoms with Gasteiger partial charge in [-0.2, -0.15) is 0 Å². The van der Waals surface area contributed by atoms with E-state index in [0.29, 0.717) is 29.0 Å². The van der Waals surface area contributed by atoms with Gasteiger partial charge in [0.15, 0.2) is 5.78 Å². The Morgan fingerprint density at radius 2 is 1.17 bits per heavy atom. The van der Waals surface area contributed by atoms with E-state index in [1.165, 1.54) is 24.3 Å². The number of fused-ring (bicyclic) bond motifs is 2. The largest absolute Gasteiger partial charge is 0.446 e. The Balaban J connectivity index is 1.37. The summed E-state index contributed by atoms with van der Waals surface area (Å²) in [6, 6.07) is 28.4. The number of nitrogens with one attached hydrogen (secondary N) is 1. The first-order chi connectivity index (χ1) is 17.4. The normalized spacial score (nSPS) is 13.1. The van der Waals surface area contributed by atoms with Gasteiger partial charge in [-0.3, -0.25) is 9.59 Å². The van der Waals surface area contributed by atoms with E-state index in [1.54, 1.807) is 54.6 Å². The minimum absolute atomic E-state index is 0.174. The fraction of sp³-hybridized carbons (Fsp3) is 0.0714. The van der Waals surface area contributed by atoms with Crippen LogP contribution >= 0.6 is 0 Å². The number of ether oxygens (including phenoxy) is 2. The zero-order valence-corrected chi connectivity index (χ0v) is 19.8. The lowest BCUT2D eigenvalue weighted by Crippen LogP contribution is -2.45. The summed E-state index contributed by atoms with van der Waals surface area (Å²) in [6.45, 7) is 0. The van der Waals surface area contributed by atoms with E-state index in [9.17, 15) is 18.0 Å². The Morgan fingerprint density at radius 3 is 1.75 bits per heavy atom. The maximum Gasteiger partial charge on any atom is 0.322 e. The average molecular weight is 500 g/mol. The summed E-state index contributed by atoms with van der Waals surface area (Å²) in [6.07, 6.45) is -1.01. The van der Waals surface area contributed by atoms with Gasteiger partial charge in [0.05, 0.1) is 4.90 Å². The molecule has 0 spiro atoms. The summed E-state index contributed by atoms with van der Waals surface area (Å²) in [7, 11) is -4.26. The first-order valence-electron chi connectivity index (χ1n) is 11.2. The average Bonchev–Trinajstić information content (AvgIpc) is 2.88. The lowest BCUT2D eigenvalue weighted by molar-refractivity contribution is -0.138. The Morgan fingerprint density at radius 1 is 0.667 bits per heavy atom. The van der Waals surface area contributed by atoms with Crippen molar-refractivity contribution >= 4 is 21.7 Å². The van der Waals surface area contributed by atoms with E-state index in [-0.39, 0.29) is 10.7 Å². The summed E-state index contributed by atoms with van der Waals surface area (Å²) in [5, 5.41) is 0. The maximum absolute atomic E-state index is 13.0. The van der Waals surface area contributed by atoms with E-state index in [0.717, 1.165) is 11.1 Å². The molecule has 0 fully saturated rings. The van der Waals surface area contributed by atoms with Crippen molar-refractivity contribution in [3.63, 3.8) is 0 Å². The number of carbonyl (C=O) groups is 2. The van der Waals surface area contributed by atoms with Gasteiger partial charge in [-0.1, -0.05) is 66.7 Å². The molecular weight excluding hydrogens is 478 g/mol. The standard InChI is InChI=1S/C28H21NO6S/c30-26(19-8-2-1-3-9-19)20-14-16-23(17-15-20)36(32,33)29-27(31)28-34-24-12-6-4-10-21(24)18-22-11-5-7-13-25(22)35-28/h1-17,28H,18H2,(H,29,31). The van der Waals surface area contributed by atoms with Gasteiger partial charge < -0.3 is 9.47 Å². The number of rotatable bonds is 5. The molecule has 4 aromatic carbocycles. The number of ketones is 1. The minimum Gasteiger partial charge on any atom is -0.446 e. The molecule has 1 aliphatic heterocycles.